The van der Waals surface area contributed by atoms with E-state index in [1.165, 1.54) is 35.3 Å². The molecule has 0 saturated carbocycles. The van der Waals surface area contributed by atoms with Gasteiger partial charge in [0.05, 0.1) is 25.3 Å². The highest BCUT2D eigenvalue weighted by atomic mass is 32.1. The van der Waals surface area contributed by atoms with Crippen molar-refractivity contribution in [3.63, 3.8) is 0 Å². The molecule has 0 saturated heterocycles. The Morgan fingerprint density at radius 2 is 1.96 bits per heavy atom. The van der Waals surface area contributed by atoms with Gasteiger partial charge in [-0.15, -0.1) is 11.3 Å². The molecule has 0 atom stereocenters. The lowest BCUT2D eigenvalue weighted by atomic mass is 10.0. The first-order valence-electron chi connectivity index (χ1n) is 8.66. The van der Waals surface area contributed by atoms with Crippen LogP contribution in [0.3, 0.4) is 0 Å². The van der Waals surface area contributed by atoms with Gasteiger partial charge in [0.2, 0.25) is 11.8 Å². The Bertz CT molecular complexity index is 808. The normalized spacial score (nSPS) is 17.5. The molecule has 3 rings (SSSR count). The first kappa shape index (κ1) is 20.6. The van der Waals surface area contributed by atoms with Crippen molar-refractivity contribution in [2.75, 3.05) is 45.3 Å². The molecule has 1 aromatic rings. The number of methoxy groups -OCH3 is 1. The molecule has 0 N–H and O–H groups in total. The van der Waals surface area contributed by atoms with Crippen molar-refractivity contribution in [2.24, 2.45) is 0 Å². The van der Waals surface area contributed by atoms with Crippen LogP contribution < -0.4 is 4.90 Å². The van der Waals surface area contributed by atoms with E-state index in [-0.39, 0.29) is 51.0 Å². The van der Waals surface area contributed by atoms with E-state index >= 15 is 0 Å². The first-order valence-corrected chi connectivity index (χ1v) is 9.48. The number of nitrogens with zero attached hydrogens (tertiary/aromatic N) is 3. The molecule has 0 spiro atoms. The quantitative estimate of drug-likeness (QED) is 0.744. The van der Waals surface area contributed by atoms with E-state index in [1.54, 1.807) is 0 Å². The van der Waals surface area contributed by atoms with Gasteiger partial charge in [-0.1, -0.05) is 0 Å². The van der Waals surface area contributed by atoms with E-state index in [2.05, 4.69) is 0 Å². The van der Waals surface area contributed by atoms with Gasteiger partial charge in [-0.3, -0.25) is 19.3 Å². The predicted octanol–water partition coefficient (Wildman–Crippen LogP) is 1.65. The summed E-state index contributed by atoms with van der Waals surface area (Å²) < 4.78 is 42.7. The molecule has 1 aromatic heterocycles. The van der Waals surface area contributed by atoms with Crippen molar-refractivity contribution in [1.82, 2.24) is 9.80 Å². The van der Waals surface area contributed by atoms with Crippen LogP contribution in [0.5, 0.6) is 0 Å². The van der Waals surface area contributed by atoms with Gasteiger partial charge in [-0.05, 0) is 12.0 Å². The zero-order chi connectivity index (χ0) is 20.6. The van der Waals surface area contributed by atoms with Gasteiger partial charge in [0, 0.05) is 25.6 Å². The molecule has 0 aromatic carbocycles. The Morgan fingerprint density at radius 3 is 2.61 bits per heavy atom. The van der Waals surface area contributed by atoms with Gasteiger partial charge in [-0.25, -0.2) is 0 Å². The average molecular weight is 419 g/mol. The molecular weight excluding hydrogens is 399 g/mol. The minimum Gasteiger partial charge on any atom is -0.383 e. The average Bonchev–Trinajstić information content (AvgIpc) is 2.94. The number of carbonyl (C=O) groups is 3. The number of rotatable bonds is 4. The van der Waals surface area contributed by atoms with Gasteiger partial charge < -0.3 is 14.5 Å². The Kier molecular flexibility index (Phi) is 5.67. The maximum absolute atomic E-state index is 12.8. The molecule has 0 radical (unpaired) electrons. The van der Waals surface area contributed by atoms with E-state index in [0.29, 0.717) is 21.0 Å². The number of amides is 3. The number of carbonyl (C=O) groups excluding carboxylic acids is 3. The van der Waals surface area contributed by atoms with E-state index in [9.17, 15) is 27.6 Å². The van der Waals surface area contributed by atoms with Gasteiger partial charge in [0.1, 0.15) is 18.0 Å². The molecule has 11 heteroatoms. The fourth-order valence-electron chi connectivity index (χ4n) is 3.37. The second-order valence-electron chi connectivity index (χ2n) is 6.74. The molecule has 0 aliphatic carbocycles. The Morgan fingerprint density at radius 1 is 1.25 bits per heavy atom. The standard InChI is InChI=1S/C17H20F3N3O4S/c1-21-9-13(25)23(5-6-27-2)16-14(15(21)26)10-3-4-22(8-11(10)28-16)12(24)7-17(18,19)20/h3-9H2,1-2H3. The summed E-state index contributed by atoms with van der Waals surface area (Å²) in [4.78, 5) is 42.0. The monoisotopic (exact) mass is 419 g/mol. The second-order valence-corrected chi connectivity index (χ2v) is 7.82. The molecule has 0 unspecified atom stereocenters. The summed E-state index contributed by atoms with van der Waals surface area (Å²) in [5.74, 6) is -1.54. The highest BCUT2D eigenvalue weighted by Gasteiger charge is 2.39. The maximum Gasteiger partial charge on any atom is 0.397 e. The number of hydrogen-bond acceptors (Lipinski definition) is 5. The lowest BCUT2D eigenvalue weighted by Gasteiger charge is -2.28. The number of fused-ring (bicyclic) bond motifs is 3. The van der Waals surface area contributed by atoms with Gasteiger partial charge in [-0.2, -0.15) is 13.2 Å². The molecule has 0 fully saturated rings. The van der Waals surface area contributed by atoms with Gasteiger partial charge >= 0.3 is 6.18 Å². The number of halogens is 3. The molecule has 3 amide bonds. The van der Waals surface area contributed by atoms with Crippen LogP contribution in [0.2, 0.25) is 0 Å². The van der Waals surface area contributed by atoms with Crippen LogP contribution in [0.4, 0.5) is 18.2 Å². The zero-order valence-electron chi connectivity index (χ0n) is 15.5. The molecule has 7 nitrogen and oxygen atoms in total. The molecule has 28 heavy (non-hydrogen) atoms. The Labute approximate surface area is 163 Å². The summed E-state index contributed by atoms with van der Waals surface area (Å²) in [6, 6.07) is 0. The van der Waals surface area contributed by atoms with Crippen molar-refractivity contribution in [2.45, 2.75) is 25.6 Å². The second kappa shape index (κ2) is 7.70. The molecular formula is C17H20F3N3O4S. The third kappa shape index (κ3) is 4.00. The highest BCUT2D eigenvalue weighted by Crippen LogP contribution is 2.41. The smallest absolute Gasteiger partial charge is 0.383 e. The van der Waals surface area contributed by atoms with E-state index in [1.807, 2.05) is 0 Å². The predicted molar refractivity (Wildman–Crippen MR) is 95.3 cm³/mol. The lowest BCUT2D eigenvalue weighted by molar-refractivity contribution is -0.162. The summed E-state index contributed by atoms with van der Waals surface area (Å²) in [5.41, 5.74) is 1.12. The number of anilines is 1. The van der Waals surface area contributed by atoms with Crippen LogP contribution in [0.15, 0.2) is 0 Å². The third-order valence-corrected chi connectivity index (χ3v) is 5.98. The van der Waals surface area contributed by atoms with Crippen LogP contribution in [0.25, 0.3) is 0 Å². The SMILES string of the molecule is COCCN1C(=O)CN(C)C(=O)c2c1sc1c2CCN(C(=O)CC(F)(F)F)C1. The minimum atomic E-state index is -4.56. The summed E-state index contributed by atoms with van der Waals surface area (Å²) in [6.45, 7) is 0.593. The van der Waals surface area contributed by atoms with Crippen molar-refractivity contribution in [3.05, 3.63) is 16.0 Å². The van der Waals surface area contributed by atoms with Crippen LogP contribution in [-0.4, -0.2) is 74.1 Å². The largest absolute Gasteiger partial charge is 0.397 e. The summed E-state index contributed by atoms with van der Waals surface area (Å²) in [6.07, 6.45) is -5.80. The van der Waals surface area contributed by atoms with Crippen LogP contribution >= 0.6 is 11.3 Å². The van der Waals surface area contributed by atoms with Crippen molar-refractivity contribution in [3.8, 4) is 0 Å². The first-order chi connectivity index (χ1) is 13.1. The molecule has 0 bridgehead atoms. The van der Waals surface area contributed by atoms with Crippen molar-refractivity contribution in [1.29, 1.82) is 0 Å². The topological polar surface area (TPSA) is 70.2 Å². The fraction of sp³-hybridized carbons (Fsp3) is 0.588. The number of likely N-dealkylation sites (N-methyl/N-ethyl adjacent to an activating group) is 1. The Hall–Kier alpha value is -2.14. The summed E-state index contributed by atoms with van der Waals surface area (Å²) in [7, 11) is 3.04. The zero-order valence-corrected chi connectivity index (χ0v) is 16.3. The van der Waals surface area contributed by atoms with E-state index in [4.69, 9.17) is 4.74 Å². The Balaban J connectivity index is 1.94. The number of ether oxygens (including phenoxy) is 1. The fourth-order valence-corrected chi connectivity index (χ4v) is 4.77. The number of hydrogen-bond donors (Lipinski definition) is 0. The number of alkyl halides is 3. The van der Waals surface area contributed by atoms with Crippen LogP contribution in [-0.2, 0) is 27.3 Å². The molecule has 154 valence electrons. The van der Waals surface area contributed by atoms with Crippen molar-refractivity contribution >= 4 is 34.1 Å². The van der Waals surface area contributed by atoms with E-state index < -0.39 is 18.5 Å². The van der Waals surface area contributed by atoms with Crippen molar-refractivity contribution < 1.29 is 32.3 Å². The van der Waals surface area contributed by atoms with E-state index in [0.717, 1.165) is 4.90 Å². The van der Waals surface area contributed by atoms with Crippen LogP contribution in [0, 0.1) is 0 Å². The van der Waals surface area contributed by atoms with Crippen LogP contribution in [0.1, 0.15) is 27.2 Å². The van der Waals surface area contributed by atoms with Gasteiger partial charge in [0.25, 0.3) is 5.91 Å². The van der Waals surface area contributed by atoms with Gasteiger partial charge in [0.15, 0.2) is 0 Å². The molecule has 2 aliphatic heterocycles. The molecule has 2 aliphatic rings. The maximum atomic E-state index is 12.8. The minimum absolute atomic E-state index is 0.00517. The highest BCUT2D eigenvalue weighted by molar-refractivity contribution is 7.17. The third-order valence-electron chi connectivity index (χ3n) is 4.74. The molecule has 3 heterocycles. The summed E-state index contributed by atoms with van der Waals surface area (Å²) in [5, 5.41) is 0.478. The lowest BCUT2D eigenvalue weighted by Crippen LogP contribution is -2.39. The number of thiophene rings is 1. The summed E-state index contributed by atoms with van der Waals surface area (Å²) >= 11 is 1.19.